The summed E-state index contributed by atoms with van der Waals surface area (Å²) in [6.07, 6.45) is 7.16. The Morgan fingerprint density at radius 2 is 2.16 bits per heavy atom. The van der Waals surface area contributed by atoms with Crippen LogP contribution in [0.4, 0.5) is 0 Å². The Balaban J connectivity index is 1.52. The van der Waals surface area contributed by atoms with E-state index in [9.17, 15) is 4.79 Å². The molecule has 8 nitrogen and oxygen atoms in total. The largest absolute Gasteiger partial charge is 0.371 e. The molecule has 8 heteroatoms. The van der Waals surface area contributed by atoms with Gasteiger partial charge in [-0.05, 0) is 30.7 Å². The lowest BCUT2D eigenvalue weighted by molar-refractivity contribution is 0.0964. The molecule has 3 aromatic rings. The first-order valence-electron chi connectivity index (χ1n) is 10.2. The lowest BCUT2D eigenvalue weighted by Crippen LogP contribution is -2.31. The van der Waals surface area contributed by atoms with Crippen LogP contribution in [-0.2, 0) is 0 Å². The molecule has 1 aliphatic rings. The van der Waals surface area contributed by atoms with Crippen LogP contribution >= 0.6 is 0 Å². The summed E-state index contributed by atoms with van der Waals surface area (Å²) in [4.78, 5) is 21.3. The number of hydrogen-bond donors (Lipinski definition) is 3. The van der Waals surface area contributed by atoms with Crippen LogP contribution in [0.1, 0.15) is 46.1 Å². The fourth-order valence-corrected chi connectivity index (χ4v) is 3.69. The van der Waals surface area contributed by atoms with Crippen molar-refractivity contribution in [3.8, 4) is 0 Å². The summed E-state index contributed by atoms with van der Waals surface area (Å²) in [5.74, 6) is 0.944. The van der Waals surface area contributed by atoms with Crippen molar-refractivity contribution >= 4 is 23.1 Å². The molecule has 1 aromatic carbocycles. The standard InChI is InChI=1S/C23H25N7O/c1-14(17-5-4-6-18-19(23(31)24-3)7-8-25-22(17)18)11-26-21-10-20(27-13-28-21)16-9-15(2)30-29-12-16/h4-10,12-14,20,26H,11H2,1-3H3,(H,24,31)(H,27,28)/t14-,20?/m1/s1. The van der Waals surface area contributed by atoms with Gasteiger partial charge in [-0.1, -0.05) is 25.1 Å². The van der Waals surface area contributed by atoms with Crippen LogP contribution < -0.4 is 16.0 Å². The summed E-state index contributed by atoms with van der Waals surface area (Å²) < 4.78 is 0. The Labute approximate surface area is 180 Å². The van der Waals surface area contributed by atoms with Gasteiger partial charge in [-0.2, -0.15) is 10.2 Å². The molecule has 0 bridgehead atoms. The van der Waals surface area contributed by atoms with Crippen molar-refractivity contribution in [2.75, 3.05) is 13.6 Å². The number of pyridine rings is 1. The highest BCUT2D eigenvalue weighted by Crippen LogP contribution is 2.26. The number of carbonyl (C=O) groups is 1. The van der Waals surface area contributed by atoms with E-state index in [4.69, 9.17) is 0 Å². The number of benzene rings is 1. The first-order chi connectivity index (χ1) is 15.1. The number of aliphatic imine (C=N–C) groups is 1. The predicted octanol–water partition coefficient (Wildman–Crippen LogP) is 2.60. The van der Waals surface area contributed by atoms with E-state index >= 15 is 0 Å². The topological polar surface area (TPSA) is 104 Å². The number of para-hydroxylation sites is 1. The van der Waals surface area contributed by atoms with E-state index in [0.29, 0.717) is 12.1 Å². The molecular formula is C23H25N7O. The second kappa shape index (κ2) is 8.91. The van der Waals surface area contributed by atoms with Gasteiger partial charge in [0, 0.05) is 36.7 Å². The molecule has 1 amide bonds. The van der Waals surface area contributed by atoms with E-state index in [2.05, 4.69) is 49.1 Å². The molecule has 0 saturated carbocycles. The summed E-state index contributed by atoms with van der Waals surface area (Å²) >= 11 is 0. The number of nitrogens with zero attached hydrogens (tertiary/aromatic N) is 4. The third-order valence-electron chi connectivity index (χ3n) is 5.32. The number of aromatic nitrogens is 3. The molecule has 2 atom stereocenters. The quantitative estimate of drug-likeness (QED) is 0.572. The van der Waals surface area contributed by atoms with Crippen LogP contribution in [0.2, 0.25) is 0 Å². The lowest BCUT2D eigenvalue weighted by Gasteiger charge is -2.21. The molecule has 3 heterocycles. The van der Waals surface area contributed by atoms with Crippen LogP contribution in [0.15, 0.2) is 59.6 Å². The Hall–Kier alpha value is -3.81. The number of hydrogen-bond acceptors (Lipinski definition) is 7. The molecular weight excluding hydrogens is 390 g/mol. The molecule has 4 rings (SSSR count). The Bertz CT molecular complexity index is 1170. The van der Waals surface area contributed by atoms with Gasteiger partial charge in [0.25, 0.3) is 5.91 Å². The van der Waals surface area contributed by atoms with E-state index in [1.807, 2.05) is 31.2 Å². The molecule has 0 radical (unpaired) electrons. The number of rotatable bonds is 6. The highest BCUT2D eigenvalue weighted by Gasteiger charge is 2.17. The van der Waals surface area contributed by atoms with E-state index in [1.165, 1.54) is 0 Å². The maximum absolute atomic E-state index is 12.2. The summed E-state index contributed by atoms with van der Waals surface area (Å²) in [5, 5.41) is 18.2. The predicted molar refractivity (Wildman–Crippen MR) is 121 cm³/mol. The van der Waals surface area contributed by atoms with E-state index < -0.39 is 0 Å². The van der Waals surface area contributed by atoms with Crippen molar-refractivity contribution in [3.63, 3.8) is 0 Å². The van der Waals surface area contributed by atoms with Crippen molar-refractivity contribution in [1.82, 2.24) is 31.1 Å². The average Bonchev–Trinajstić information content (AvgIpc) is 2.81. The van der Waals surface area contributed by atoms with Crippen LogP contribution in [0.3, 0.4) is 0 Å². The minimum Gasteiger partial charge on any atom is -0.371 e. The molecule has 31 heavy (non-hydrogen) atoms. The zero-order valence-electron chi connectivity index (χ0n) is 17.8. The Kier molecular flexibility index (Phi) is 5.88. The zero-order valence-corrected chi connectivity index (χ0v) is 17.8. The van der Waals surface area contributed by atoms with Gasteiger partial charge in [-0.15, -0.1) is 0 Å². The third kappa shape index (κ3) is 4.37. The minimum atomic E-state index is -0.113. The molecule has 1 unspecified atom stereocenters. The normalized spacial score (nSPS) is 16.4. The van der Waals surface area contributed by atoms with E-state index in [-0.39, 0.29) is 17.9 Å². The number of fused-ring (bicyclic) bond motifs is 1. The fourth-order valence-electron chi connectivity index (χ4n) is 3.69. The second-order valence-electron chi connectivity index (χ2n) is 7.54. The molecule has 1 aliphatic heterocycles. The zero-order chi connectivity index (χ0) is 21.8. The number of nitrogens with one attached hydrogen (secondary N) is 3. The SMILES string of the molecule is CNC(=O)c1ccnc2c([C@H](C)CNC3=CC(c4cnnc(C)c4)N=CN3)cccc12. The molecule has 0 fully saturated rings. The number of amides is 1. The second-order valence-corrected chi connectivity index (χ2v) is 7.54. The van der Waals surface area contributed by atoms with E-state index in [1.54, 1.807) is 31.8 Å². The number of carbonyl (C=O) groups excluding carboxylic acids is 1. The van der Waals surface area contributed by atoms with Gasteiger partial charge in [0.15, 0.2) is 0 Å². The highest BCUT2D eigenvalue weighted by molar-refractivity contribution is 6.06. The van der Waals surface area contributed by atoms with Gasteiger partial charge in [0.2, 0.25) is 0 Å². The monoisotopic (exact) mass is 415 g/mol. The Morgan fingerprint density at radius 1 is 1.29 bits per heavy atom. The van der Waals surface area contributed by atoms with Crippen molar-refractivity contribution in [3.05, 3.63) is 77.0 Å². The van der Waals surface area contributed by atoms with Crippen LogP contribution in [-0.4, -0.2) is 41.0 Å². The number of aryl methyl sites for hydroxylation is 1. The van der Waals surface area contributed by atoms with Crippen molar-refractivity contribution < 1.29 is 4.79 Å². The van der Waals surface area contributed by atoms with Gasteiger partial charge in [-0.3, -0.25) is 14.8 Å². The molecule has 0 spiro atoms. The van der Waals surface area contributed by atoms with Crippen molar-refractivity contribution in [2.24, 2.45) is 4.99 Å². The van der Waals surface area contributed by atoms with Gasteiger partial charge in [-0.25, -0.2) is 0 Å². The van der Waals surface area contributed by atoms with Crippen LogP contribution in [0.25, 0.3) is 10.9 Å². The first-order valence-corrected chi connectivity index (χ1v) is 10.2. The summed E-state index contributed by atoms with van der Waals surface area (Å²) in [7, 11) is 1.63. The van der Waals surface area contributed by atoms with Crippen LogP contribution in [0, 0.1) is 6.92 Å². The van der Waals surface area contributed by atoms with Crippen LogP contribution in [0.5, 0.6) is 0 Å². The van der Waals surface area contributed by atoms with Gasteiger partial charge in [0.05, 0.1) is 29.3 Å². The fraction of sp³-hybridized carbons (Fsp3) is 0.261. The van der Waals surface area contributed by atoms with Gasteiger partial charge >= 0.3 is 0 Å². The molecule has 0 aliphatic carbocycles. The smallest absolute Gasteiger partial charge is 0.251 e. The molecule has 158 valence electrons. The highest BCUT2D eigenvalue weighted by atomic mass is 16.1. The molecule has 2 aromatic heterocycles. The van der Waals surface area contributed by atoms with Crippen molar-refractivity contribution in [2.45, 2.75) is 25.8 Å². The maximum atomic E-state index is 12.2. The molecule has 3 N–H and O–H groups in total. The van der Waals surface area contributed by atoms with Gasteiger partial charge in [0.1, 0.15) is 11.9 Å². The molecule has 0 saturated heterocycles. The summed E-state index contributed by atoms with van der Waals surface area (Å²) in [6, 6.07) is 9.61. The summed E-state index contributed by atoms with van der Waals surface area (Å²) in [6.45, 7) is 4.75. The third-order valence-corrected chi connectivity index (χ3v) is 5.32. The average molecular weight is 416 g/mol. The summed E-state index contributed by atoms with van der Waals surface area (Å²) in [5.41, 5.74) is 4.43. The minimum absolute atomic E-state index is 0.109. The van der Waals surface area contributed by atoms with E-state index in [0.717, 1.165) is 33.5 Å². The maximum Gasteiger partial charge on any atom is 0.251 e. The van der Waals surface area contributed by atoms with Gasteiger partial charge < -0.3 is 16.0 Å². The lowest BCUT2D eigenvalue weighted by atomic mass is 9.96. The first kappa shape index (κ1) is 20.5. The van der Waals surface area contributed by atoms with Crippen molar-refractivity contribution in [1.29, 1.82) is 0 Å². The Morgan fingerprint density at radius 3 is 2.97 bits per heavy atom.